The van der Waals surface area contributed by atoms with Gasteiger partial charge in [0.05, 0.1) is 24.2 Å². The number of rotatable bonds is 6. The highest BCUT2D eigenvalue weighted by Gasteiger charge is 2.31. The Morgan fingerprint density at radius 1 is 1.43 bits per heavy atom. The van der Waals surface area contributed by atoms with Crippen LogP contribution in [0, 0.1) is 5.82 Å². The number of aliphatic hydroxyl groups excluding tert-OH is 1. The number of halogens is 1. The number of amides is 1. The molecule has 2 atom stereocenters. The summed E-state index contributed by atoms with van der Waals surface area (Å²) in [4.78, 5) is 13.6. The number of hydrogen-bond donors (Lipinski definition) is 2. The molecule has 0 radical (unpaired) electrons. The molecule has 128 valence electrons. The molecule has 0 aromatic heterocycles. The molecule has 0 saturated carbocycles. The maximum absolute atomic E-state index is 12.8. The Hall–Kier alpha value is -1.51. The van der Waals surface area contributed by atoms with Crippen LogP contribution in [0.25, 0.3) is 0 Å². The first-order valence-electron chi connectivity index (χ1n) is 7.38. The van der Waals surface area contributed by atoms with Crippen molar-refractivity contribution in [3.63, 3.8) is 0 Å². The van der Waals surface area contributed by atoms with Gasteiger partial charge in [0.1, 0.15) is 5.82 Å². The molecule has 0 bridgehead atoms. The Balaban J connectivity index is 1.77. The molecule has 0 spiro atoms. The summed E-state index contributed by atoms with van der Waals surface area (Å²) in [5.41, 5.74) is 0.516. The van der Waals surface area contributed by atoms with Gasteiger partial charge in [-0.05, 0) is 31.2 Å². The molecular weight excluding hydrogens is 323 g/mol. The van der Waals surface area contributed by atoms with Crippen LogP contribution in [-0.4, -0.2) is 62.0 Å². The van der Waals surface area contributed by atoms with E-state index in [4.69, 9.17) is 0 Å². The van der Waals surface area contributed by atoms with E-state index in [1.165, 1.54) is 24.3 Å². The van der Waals surface area contributed by atoms with Crippen molar-refractivity contribution < 1.29 is 22.7 Å². The fraction of sp³-hybridized carbons (Fsp3) is 0.533. The smallest absolute Gasteiger partial charge is 0.234 e. The average molecular weight is 344 g/mol. The zero-order valence-corrected chi connectivity index (χ0v) is 13.7. The molecular formula is C15H21FN2O4S. The zero-order chi connectivity index (χ0) is 17.0. The summed E-state index contributed by atoms with van der Waals surface area (Å²) in [6, 6.07) is 5.26. The van der Waals surface area contributed by atoms with Crippen molar-refractivity contribution >= 4 is 15.7 Å². The second-order valence-corrected chi connectivity index (χ2v) is 8.07. The molecule has 1 aromatic carbocycles. The number of nitrogens with one attached hydrogen (secondary N) is 1. The summed E-state index contributed by atoms with van der Waals surface area (Å²) < 4.78 is 35.7. The molecule has 6 nitrogen and oxygen atoms in total. The van der Waals surface area contributed by atoms with Gasteiger partial charge in [-0.1, -0.05) is 12.1 Å². The summed E-state index contributed by atoms with van der Waals surface area (Å²) in [6.07, 6.45) is -0.388. The summed E-state index contributed by atoms with van der Waals surface area (Å²) in [7, 11) is -1.28. The molecule has 8 heteroatoms. The standard InChI is InChI=1S/C15H21FN2O4S/c1-18(13-6-7-23(21,22)10-13)9-15(20)17-8-14(19)11-2-4-12(16)5-3-11/h2-5,13-14,19H,6-10H2,1H3,(H,17,20). The number of hydrogen-bond acceptors (Lipinski definition) is 5. The highest BCUT2D eigenvalue weighted by atomic mass is 32.2. The van der Waals surface area contributed by atoms with E-state index in [1.54, 1.807) is 11.9 Å². The molecule has 0 aliphatic carbocycles. The summed E-state index contributed by atoms with van der Waals surface area (Å²) in [6.45, 7) is 0.0809. The zero-order valence-electron chi connectivity index (χ0n) is 12.9. The molecule has 1 aromatic rings. The minimum absolute atomic E-state index is 0.0151. The first-order valence-corrected chi connectivity index (χ1v) is 9.20. The average Bonchev–Trinajstić information content (AvgIpc) is 2.86. The molecule has 1 heterocycles. The lowest BCUT2D eigenvalue weighted by Gasteiger charge is -2.22. The van der Waals surface area contributed by atoms with Gasteiger partial charge in [-0.15, -0.1) is 0 Å². The van der Waals surface area contributed by atoms with Gasteiger partial charge in [-0.2, -0.15) is 0 Å². The molecule has 1 aliphatic heterocycles. The third-order valence-corrected chi connectivity index (χ3v) is 5.72. The topological polar surface area (TPSA) is 86.7 Å². The van der Waals surface area contributed by atoms with Crippen molar-refractivity contribution in [2.24, 2.45) is 0 Å². The summed E-state index contributed by atoms with van der Waals surface area (Å²) in [5.74, 6) is -0.446. The lowest BCUT2D eigenvalue weighted by Crippen LogP contribution is -2.42. The predicted octanol–water partition coefficient (Wildman–Crippen LogP) is 0.0942. The number of aliphatic hydroxyl groups is 1. The van der Waals surface area contributed by atoms with E-state index in [0.717, 1.165) is 0 Å². The molecule has 23 heavy (non-hydrogen) atoms. The van der Waals surface area contributed by atoms with Crippen molar-refractivity contribution in [1.82, 2.24) is 10.2 Å². The van der Waals surface area contributed by atoms with Crippen LogP contribution in [0.3, 0.4) is 0 Å². The van der Waals surface area contributed by atoms with Crippen molar-refractivity contribution in [2.75, 3.05) is 31.6 Å². The third-order valence-electron chi connectivity index (χ3n) is 3.97. The Bertz CT molecular complexity index is 648. The molecule has 1 amide bonds. The van der Waals surface area contributed by atoms with Crippen LogP contribution in [0.15, 0.2) is 24.3 Å². The van der Waals surface area contributed by atoms with Crippen molar-refractivity contribution in [3.8, 4) is 0 Å². The van der Waals surface area contributed by atoms with Gasteiger partial charge < -0.3 is 10.4 Å². The van der Waals surface area contributed by atoms with Gasteiger partial charge in [0.15, 0.2) is 9.84 Å². The molecule has 2 unspecified atom stereocenters. The van der Waals surface area contributed by atoms with Gasteiger partial charge >= 0.3 is 0 Å². The van der Waals surface area contributed by atoms with Gasteiger partial charge in [0, 0.05) is 12.6 Å². The Labute approximate surface area is 135 Å². The van der Waals surface area contributed by atoms with Gasteiger partial charge in [0.25, 0.3) is 0 Å². The summed E-state index contributed by atoms with van der Waals surface area (Å²) in [5, 5.41) is 12.5. The monoisotopic (exact) mass is 344 g/mol. The maximum Gasteiger partial charge on any atom is 0.234 e. The van der Waals surface area contributed by atoms with Crippen LogP contribution in [0.4, 0.5) is 4.39 Å². The Morgan fingerprint density at radius 2 is 2.09 bits per heavy atom. The molecule has 2 rings (SSSR count). The lowest BCUT2D eigenvalue weighted by molar-refractivity contribution is -0.122. The largest absolute Gasteiger partial charge is 0.387 e. The van der Waals surface area contributed by atoms with Crippen molar-refractivity contribution in [1.29, 1.82) is 0 Å². The number of carbonyl (C=O) groups excluding carboxylic acids is 1. The minimum atomic E-state index is -2.99. The second-order valence-electron chi connectivity index (χ2n) is 5.84. The fourth-order valence-electron chi connectivity index (χ4n) is 2.55. The van der Waals surface area contributed by atoms with E-state index in [9.17, 15) is 22.7 Å². The van der Waals surface area contributed by atoms with E-state index in [2.05, 4.69) is 5.32 Å². The minimum Gasteiger partial charge on any atom is -0.387 e. The van der Waals surface area contributed by atoms with Crippen LogP contribution in [0.1, 0.15) is 18.1 Å². The first kappa shape index (κ1) is 17.8. The van der Waals surface area contributed by atoms with Crippen molar-refractivity contribution in [2.45, 2.75) is 18.6 Å². The van der Waals surface area contributed by atoms with E-state index < -0.39 is 21.8 Å². The Morgan fingerprint density at radius 3 is 2.65 bits per heavy atom. The molecule has 2 N–H and O–H groups in total. The molecule has 1 fully saturated rings. The van der Waals surface area contributed by atoms with Crippen LogP contribution in [0.2, 0.25) is 0 Å². The number of carbonyl (C=O) groups is 1. The SMILES string of the molecule is CN(CC(=O)NCC(O)c1ccc(F)cc1)C1CCS(=O)(=O)C1. The maximum atomic E-state index is 12.8. The van der Waals surface area contributed by atoms with E-state index in [1.807, 2.05) is 0 Å². The van der Waals surface area contributed by atoms with Gasteiger partial charge in [0.2, 0.25) is 5.91 Å². The highest BCUT2D eigenvalue weighted by Crippen LogP contribution is 2.16. The molecule has 1 saturated heterocycles. The predicted molar refractivity (Wildman–Crippen MR) is 84.1 cm³/mol. The fourth-order valence-corrected chi connectivity index (χ4v) is 4.35. The highest BCUT2D eigenvalue weighted by molar-refractivity contribution is 7.91. The van der Waals surface area contributed by atoms with Crippen LogP contribution >= 0.6 is 0 Å². The third kappa shape index (κ3) is 5.26. The number of likely N-dealkylation sites (N-methyl/N-ethyl adjacent to an activating group) is 1. The quantitative estimate of drug-likeness (QED) is 0.764. The van der Waals surface area contributed by atoms with Crippen LogP contribution in [0.5, 0.6) is 0 Å². The Kier molecular flexibility index (Phi) is 5.72. The van der Waals surface area contributed by atoms with Crippen molar-refractivity contribution in [3.05, 3.63) is 35.6 Å². The number of benzene rings is 1. The number of sulfone groups is 1. The first-order chi connectivity index (χ1) is 10.8. The number of nitrogens with zero attached hydrogens (tertiary/aromatic N) is 1. The van der Waals surface area contributed by atoms with Crippen LogP contribution < -0.4 is 5.32 Å². The van der Waals surface area contributed by atoms with E-state index in [0.29, 0.717) is 12.0 Å². The second kappa shape index (κ2) is 7.37. The van der Waals surface area contributed by atoms with E-state index in [-0.39, 0.29) is 36.5 Å². The van der Waals surface area contributed by atoms with Gasteiger partial charge in [-0.3, -0.25) is 9.69 Å². The molecule has 1 aliphatic rings. The summed E-state index contributed by atoms with van der Waals surface area (Å²) >= 11 is 0. The van der Waals surface area contributed by atoms with Crippen LogP contribution in [-0.2, 0) is 14.6 Å². The normalized spacial score (nSPS) is 21.3. The lowest BCUT2D eigenvalue weighted by atomic mass is 10.1. The van der Waals surface area contributed by atoms with E-state index >= 15 is 0 Å². The van der Waals surface area contributed by atoms with Gasteiger partial charge in [-0.25, -0.2) is 12.8 Å².